The van der Waals surface area contributed by atoms with Crippen LogP contribution in [-0.4, -0.2) is 85.5 Å². The van der Waals surface area contributed by atoms with Gasteiger partial charge in [-0.3, -0.25) is 19.4 Å². The fraction of sp³-hybridized carbons (Fsp3) is 0.680. The summed E-state index contributed by atoms with van der Waals surface area (Å²) >= 11 is 0. The first kappa shape index (κ1) is 24.5. The number of methoxy groups -OCH3 is 1. The number of nitrogens with zero attached hydrogens (tertiary/aromatic N) is 3. The van der Waals surface area contributed by atoms with Crippen LogP contribution in [0, 0.1) is 0 Å². The van der Waals surface area contributed by atoms with Crippen LogP contribution >= 0.6 is 0 Å². The van der Waals surface area contributed by atoms with Gasteiger partial charge in [-0.2, -0.15) is 0 Å². The van der Waals surface area contributed by atoms with Crippen molar-refractivity contribution in [2.45, 2.75) is 58.0 Å². The van der Waals surface area contributed by atoms with Gasteiger partial charge in [0.05, 0.1) is 26.2 Å². The number of hydrogen-bond acceptors (Lipinski definition) is 5. The summed E-state index contributed by atoms with van der Waals surface area (Å²) < 4.78 is 5.30. The highest BCUT2D eigenvalue weighted by atomic mass is 16.5. The number of rotatable bonds is 8. The van der Waals surface area contributed by atoms with E-state index in [-0.39, 0.29) is 23.9 Å². The van der Waals surface area contributed by atoms with Crippen LogP contribution in [0.15, 0.2) is 24.3 Å². The fourth-order valence-corrected chi connectivity index (χ4v) is 4.59. The maximum absolute atomic E-state index is 13.3. The maximum Gasteiger partial charge on any atom is 0.237 e. The first-order valence-corrected chi connectivity index (χ1v) is 12.2. The Morgan fingerprint density at radius 1 is 1.00 bits per heavy atom. The Balaban J connectivity index is 1.52. The molecule has 7 heteroatoms. The molecule has 0 saturated carbocycles. The fourth-order valence-electron chi connectivity index (χ4n) is 4.59. The van der Waals surface area contributed by atoms with Crippen LogP contribution in [0.3, 0.4) is 0 Å². The second-order valence-corrected chi connectivity index (χ2v) is 9.15. The third-order valence-corrected chi connectivity index (χ3v) is 6.78. The highest BCUT2D eigenvalue weighted by Crippen LogP contribution is 2.31. The molecule has 1 aromatic carbocycles. The van der Waals surface area contributed by atoms with Crippen molar-refractivity contribution in [3.63, 3.8) is 0 Å². The lowest BCUT2D eigenvalue weighted by atomic mass is 10.0. The molecule has 2 heterocycles. The third kappa shape index (κ3) is 6.94. The van der Waals surface area contributed by atoms with Crippen LogP contribution in [0.2, 0.25) is 0 Å². The molecule has 0 aliphatic carbocycles. The molecule has 2 amide bonds. The molecular weight excluding hydrogens is 404 g/mol. The van der Waals surface area contributed by atoms with Crippen molar-refractivity contribution in [1.82, 2.24) is 20.0 Å². The molecule has 2 saturated heterocycles. The molecule has 0 spiro atoms. The van der Waals surface area contributed by atoms with E-state index in [9.17, 15) is 9.59 Å². The zero-order valence-corrected chi connectivity index (χ0v) is 20.0. The Morgan fingerprint density at radius 3 is 2.28 bits per heavy atom. The quantitative estimate of drug-likeness (QED) is 0.668. The van der Waals surface area contributed by atoms with E-state index in [1.165, 1.54) is 12.0 Å². The van der Waals surface area contributed by atoms with Crippen LogP contribution in [0.5, 0.6) is 5.75 Å². The molecule has 178 valence electrons. The van der Waals surface area contributed by atoms with Gasteiger partial charge in [0.1, 0.15) is 5.75 Å². The van der Waals surface area contributed by atoms with E-state index in [4.69, 9.17) is 4.74 Å². The van der Waals surface area contributed by atoms with E-state index in [0.29, 0.717) is 13.1 Å². The molecule has 0 bridgehead atoms. The summed E-state index contributed by atoms with van der Waals surface area (Å²) in [4.78, 5) is 32.0. The van der Waals surface area contributed by atoms with Crippen LogP contribution in [0.25, 0.3) is 0 Å². The molecule has 0 aromatic heterocycles. The number of hydrogen-bond donors (Lipinski definition) is 1. The summed E-state index contributed by atoms with van der Waals surface area (Å²) in [5.74, 6) is 1.16. The predicted octanol–water partition coefficient (Wildman–Crippen LogP) is 2.67. The summed E-state index contributed by atoms with van der Waals surface area (Å²) in [7, 11) is 1.67. The smallest absolute Gasteiger partial charge is 0.237 e. The largest absolute Gasteiger partial charge is 0.497 e. The van der Waals surface area contributed by atoms with Crippen LogP contribution < -0.4 is 10.1 Å². The molecule has 2 aliphatic rings. The first-order chi connectivity index (χ1) is 15.5. The van der Waals surface area contributed by atoms with E-state index in [2.05, 4.69) is 39.1 Å². The number of amides is 2. The lowest BCUT2D eigenvalue weighted by Crippen LogP contribution is -2.52. The topological polar surface area (TPSA) is 65.1 Å². The Kier molecular flexibility index (Phi) is 9.36. The molecule has 2 fully saturated rings. The van der Waals surface area contributed by atoms with Gasteiger partial charge in [-0.05, 0) is 43.9 Å². The van der Waals surface area contributed by atoms with Crippen molar-refractivity contribution in [2.24, 2.45) is 0 Å². The minimum atomic E-state index is 0.0933. The molecule has 2 unspecified atom stereocenters. The molecule has 1 aromatic rings. The second-order valence-electron chi connectivity index (χ2n) is 9.15. The lowest BCUT2D eigenvalue weighted by Gasteiger charge is -2.36. The summed E-state index contributed by atoms with van der Waals surface area (Å²) in [5, 5.41) is 3.03. The molecule has 7 nitrogen and oxygen atoms in total. The predicted molar refractivity (Wildman–Crippen MR) is 127 cm³/mol. The van der Waals surface area contributed by atoms with Gasteiger partial charge in [0.15, 0.2) is 0 Å². The number of likely N-dealkylation sites (tertiary alicyclic amines) is 1. The third-order valence-electron chi connectivity index (χ3n) is 6.78. The number of nitrogens with one attached hydrogen (secondary N) is 1. The zero-order chi connectivity index (χ0) is 22.9. The monoisotopic (exact) mass is 444 g/mol. The summed E-state index contributed by atoms with van der Waals surface area (Å²) in [6.45, 7) is 9.12. The van der Waals surface area contributed by atoms with Gasteiger partial charge in [-0.25, -0.2) is 0 Å². The number of carbonyl (C=O) groups excluding carboxylic acids is 2. The Bertz CT molecular complexity index is 731. The van der Waals surface area contributed by atoms with E-state index >= 15 is 0 Å². The molecule has 3 rings (SSSR count). The number of carbonyl (C=O) groups is 2. The Labute approximate surface area is 193 Å². The molecule has 32 heavy (non-hydrogen) atoms. The van der Waals surface area contributed by atoms with Crippen LogP contribution in [0.1, 0.15) is 57.6 Å². The van der Waals surface area contributed by atoms with Gasteiger partial charge in [0, 0.05) is 38.8 Å². The van der Waals surface area contributed by atoms with Gasteiger partial charge < -0.3 is 15.0 Å². The van der Waals surface area contributed by atoms with Crippen molar-refractivity contribution < 1.29 is 14.3 Å². The molecule has 0 radical (unpaired) electrons. The van der Waals surface area contributed by atoms with E-state index < -0.39 is 0 Å². The van der Waals surface area contributed by atoms with Crippen molar-refractivity contribution in [2.75, 3.05) is 52.9 Å². The van der Waals surface area contributed by atoms with Crippen LogP contribution in [-0.2, 0) is 9.59 Å². The van der Waals surface area contributed by atoms with Gasteiger partial charge in [-0.1, -0.05) is 31.9 Å². The van der Waals surface area contributed by atoms with Crippen molar-refractivity contribution >= 4 is 11.8 Å². The van der Waals surface area contributed by atoms with E-state index in [0.717, 1.165) is 64.2 Å². The van der Waals surface area contributed by atoms with E-state index in [1.807, 2.05) is 19.1 Å². The van der Waals surface area contributed by atoms with Gasteiger partial charge in [0.25, 0.3) is 0 Å². The molecule has 2 aliphatic heterocycles. The normalized spacial score (nSPS) is 21.6. The summed E-state index contributed by atoms with van der Waals surface area (Å²) in [6.07, 6.45) is 5.34. The zero-order valence-electron chi connectivity index (χ0n) is 20.0. The SMILES string of the molecule is CCC(C)NC(=O)CN1CCN(CC(=O)N2CCCCCC2c2ccc(OC)cc2)CC1. The van der Waals surface area contributed by atoms with Gasteiger partial charge >= 0.3 is 0 Å². The Morgan fingerprint density at radius 2 is 1.66 bits per heavy atom. The molecule has 2 atom stereocenters. The summed E-state index contributed by atoms with van der Waals surface area (Å²) in [6, 6.07) is 8.52. The maximum atomic E-state index is 13.3. The second kappa shape index (κ2) is 12.2. The molecule has 1 N–H and O–H groups in total. The van der Waals surface area contributed by atoms with Crippen molar-refractivity contribution in [3.05, 3.63) is 29.8 Å². The van der Waals surface area contributed by atoms with Gasteiger partial charge in [-0.15, -0.1) is 0 Å². The van der Waals surface area contributed by atoms with Crippen LogP contribution in [0.4, 0.5) is 0 Å². The molecular formula is C25H40N4O3. The number of ether oxygens (including phenoxy) is 1. The highest BCUT2D eigenvalue weighted by Gasteiger charge is 2.29. The van der Waals surface area contributed by atoms with Crippen molar-refractivity contribution in [1.29, 1.82) is 0 Å². The standard InChI is InChI=1S/C25H40N4O3/c1-4-20(2)26-24(30)18-27-14-16-28(17-15-27)19-25(31)29-13-7-5-6-8-23(29)21-9-11-22(32-3)12-10-21/h9-12,20,23H,4-8,13-19H2,1-3H3,(H,26,30). The number of piperazine rings is 1. The Hall–Kier alpha value is -2.12. The van der Waals surface area contributed by atoms with Gasteiger partial charge in [0.2, 0.25) is 11.8 Å². The average molecular weight is 445 g/mol. The lowest BCUT2D eigenvalue weighted by molar-refractivity contribution is -0.135. The minimum absolute atomic E-state index is 0.0933. The summed E-state index contributed by atoms with van der Waals surface area (Å²) in [5.41, 5.74) is 1.19. The number of benzene rings is 1. The van der Waals surface area contributed by atoms with E-state index in [1.54, 1.807) is 7.11 Å². The highest BCUT2D eigenvalue weighted by molar-refractivity contribution is 5.79. The van der Waals surface area contributed by atoms with Crippen molar-refractivity contribution in [3.8, 4) is 5.75 Å². The average Bonchev–Trinajstić information content (AvgIpc) is 3.06. The first-order valence-electron chi connectivity index (χ1n) is 12.2. The minimum Gasteiger partial charge on any atom is -0.497 e.